The average molecular weight is 235 g/mol. The molecule has 1 aromatic carbocycles. The van der Waals surface area contributed by atoms with Crippen LogP contribution in [-0.4, -0.2) is 35.0 Å². The van der Waals surface area contributed by atoms with E-state index >= 15 is 0 Å². The van der Waals surface area contributed by atoms with E-state index in [2.05, 4.69) is 0 Å². The van der Waals surface area contributed by atoms with Gasteiger partial charge in [-0.25, -0.2) is 0 Å². The second-order valence-electron chi connectivity index (χ2n) is 3.89. The second-order valence-corrected chi connectivity index (χ2v) is 3.89. The summed E-state index contributed by atoms with van der Waals surface area (Å²) in [5.74, 6) is -0.960. The molecule has 0 fully saturated rings. The first-order valence-corrected chi connectivity index (χ1v) is 5.61. The molecule has 4 nitrogen and oxygen atoms in total. The van der Waals surface area contributed by atoms with Crippen LogP contribution in [0.15, 0.2) is 30.3 Å². The molecule has 0 saturated carbocycles. The molecule has 0 spiro atoms. The molecule has 0 bridgehead atoms. The zero-order valence-electron chi connectivity index (χ0n) is 9.93. The molecule has 1 rings (SSSR count). The summed E-state index contributed by atoms with van der Waals surface area (Å²) < 4.78 is 0. The van der Waals surface area contributed by atoms with E-state index in [1.54, 1.807) is 4.90 Å². The van der Waals surface area contributed by atoms with Gasteiger partial charge in [0.1, 0.15) is 0 Å². The highest BCUT2D eigenvalue weighted by atomic mass is 16.4. The van der Waals surface area contributed by atoms with Gasteiger partial charge in [-0.2, -0.15) is 0 Å². The van der Waals surface area contributed by atoms with Gasteiger partial charge in [-0.05, 0) is 12.0 Å². The molecule has 0 unspecified atom stereocenters. The van der Waals surface area contributed by atoms with E-state index in [9.17, 15) is 9.59 Å². The summed E-state index contributed by atoms with van der Waals surface area (Å²) in [5, 5.41) is 8.59. The minimum Gasteiger partial charge on any atom is -0.481 e. The number of rotatable bonds is 6. The third-order valence-electron chi connectivity index (χ3n) is 2.55. The van der Waals surface area contributed by atoms with Crippen LogP contribution >= 0.6 is 0 Å². The number of carbonyl (C=O) groups is 2. The fraction of sp³-hybridized carbons (Fsp3) is 0.385. The summed E-state index contributed by atoms with van der Waals surface area (Å²) >= 11 is 0. The van der Waals surface area contributed by atoms with Crippen LogP contribution in [0.2, 0.25) is 0 Å². The Labute approximate surface area is 101 Å². The highest BCUT2D eigenvalue weighted by molar-refractivity contribution is 5.74. The maximum Gasteiger partial charge on any atom is 0.305 e. The lowest BCUT2D eigenvalue weighted by molar-refractivity contribution is -0.138. The van der Waals surface area contributed by atoms with Crippen molar-refractivity contribution in [1.29, 1.82) is 0 Å². The number of nitrogens with zero attached hydrogens (tertiary/aromatic N) is 1. The zero-order valence-corrected chi connectivity index (χ0v) is 9.93. The number of aliphatic carboxylic acids is 1. The number of hydrogen-bond acceptors (Lipinski definition) is 2. The number of hydrogen-bond donors (Lipinski definition) is 1. The predicted octanol–water partition coefficient (Wildman–Crippen LogP) is 1.55. The topological polar surface area (TPSA) is 57.6 Å². The van der Waals surface area contributed by atoms with E-state index in [-0.39, 0.29) is 18.9 Å². The summed E-state index contributed by atoms with van der Waals surface area (Å²) in [5.41, 5.74) is 1.15. The Morgan fingerprint density at radius 3 is 2.35 bits per heavy atom. The highest BCUT2D eigenvalue weighted by Crippen LogP contribution is 2.02. The average Bonchev–Trinajstić information content (AvgIpc) is 2.29. The molecule has 1 aromatic rings. The quantitative estimate of drug-likeness (QED) is 0.814. The Kier molecular flexibility index (Phi) is 5.20. The molecule has 17 heavy (non-hydrogen) atoms. The smallest absolute Gasteiger partial charge is 0.305 e. The minimum atomic E-state index is -0.879. The van der Waals surface area contributed by atoms with Crippen molar-refractivity contribution in [1.82, 2.24) is 4.90 Å². The molecule has 0 aliphatic carbocycles. The van der Waals surface area contributed by atoms with Crippen molar-refractivity contribution < 1.29 is 14.7 Å². The zero-order chi connectivity index (χ0) is 12.7. The summed E-state index contributed by atoms with van der Waals surface area (Å²) in [7, 11) is 0. The van der Waals surface area contributed by atoms with Crippen LogP contribution in [0.25, 0.3) is 0 Å². The van der Waals surface area contributed by atoms with Crippen molar-refractivity contribution >= 4 is 11.9 Å². The molecule has 0 atom stereocenters. The molecule has 0 aliphatic heterocycles. The van der Waals surface area contributed by atoms with Gasteiger partial charge < -0.3 is 10.0 Å². The van der Waals surface area contributed by atoms with Gasteiger partial charge in [0.25, 0.3) is 0 Å². The molecule has 1 N–H and O–H groups in total. The fourth-order valence-corrected chi connectivity index (χ4v) is 1.57. The van der Waals surface area contributed by atoms with Crippen molar-refractivity contribution in [3.8, 4) is 0 Å². The van der Waals surface area contributed by atoms with E-state index in [0.29, 0.717) is 6.54 Å². The van der Waals surface area contributed by atoms with Crippen LogP contribution in [0.3, 0.4) is 0 Å². The van der Waals surface area contributed by atoms with Gasteiger partial charge in [0.05, 0.1) is 6.42 Å². The minimum absolute atomic E-state index is 0.00559. The lowest BCUT2D eigenvalue weighted by Gasteiger charge is -2.20. The first-order valence-electron chi connectivity index (χ1n) is 5.61. The Morgan fingerprint density at radius 1 is 1.18 bits per heavy atom. The standard InChI is InChI=1S/C13H17NO3/c1-11(15)14(10-8-13(16)17)9-7-12-5-3-2-4-6-12/h2-6H,7-10H2,1H3,(H,16,17). The Hall–Kier alpha value is -1.84. The predicted molar refractivity (Wildman–Crippen MR) is 64.7 cm³/mol. The van der Waals surface area contributed by atoms with E-state index in [1.165, 1.54) is 6.92 Å². The van der Waals surface area contributed by atoms with Gasteiger partial charge >= 0.3 is 5.97 Å². The van der Waals surface area contributed by atoms with Crippen molar-refractivity contribution in [3.05, 3.63) is 35.9 Å². The van der Waals surface area contributed by atoms with Gasteiger partial charge in [-0.1, -0.05) is 30.3 Å². The number of carbonyl (C=O) groups excluding carboxylic acids is 1. The molecular formula is C13H17NO3. The highest BCUT2D eigenvalue weighted by Gasteiger charge is 2.10. The van der Waals surface area contributed by atoms with E-state index in [4.69, 9.17) is 5.11 Å². The third-order valence-corrected chi connectivity index (χ3v) is 2.55. The van der Waals surface area contributed by atoms with Crippen molar-refractivity contribution in [2.45, 2.75) is 19.8 Å². The summed E-state index contributed by atoms with van der Waals surface area (Å²) in [6, 6.07) is 9.83. The number of benzene rings is 1. The SMILES string of the molecule is CC(=O)N(CCC(=O)O)CCc1ccccc1. The molecule has 0 saturated heterocycles. The molecule has 92 valence electrons. The lowest BCUT2D eigenvalue weighted by atomic mass is 10.1. The molecule has 0 radical (unpaired) electrons. The van der Waals surface area contributed by atoms with Gasteiger partial charge in [0, 0.05) is 20.0 Å². The maximum absolute atomic E-state index is 11.3. The van der Waals surface area contributed by atoms with Gasteiger partial charge in [0.15, 0.2) is 0 Å². The largest absolute Gasteiger partial charge is 0.481 e. The Morgan fingerprint density at radius 2 is 1.82 bits per heavy atom. The van der Waals surface area contributed by atoms with E-state index < -0.39 is 5.97 Å². The van der Waals surface area contributed by atoms with Gasteiger partial charge in [-0.3, -0.25) is 9.59 Å². The fourth-order valence-electron chi connectivity index (χ4n) is 1.57. The van der Waals surface area contributed by atoms with E-state index in [0.717, 1.165) is 12.0 Å². The summed E-state index contributed by atoms with van der Waals surface area (Å²) in [4.78, 5) is 23.3. The van der Waals surface area contributed by atoms with Gasteiger partial charge in [0.2, 0.25) is 5.91 Å². The molecule has 0 heterocycles. The Balaban J connectivity index is 2.45. The van der Waals surface area contributed by atoms with Gasteiger partial charge in [-0.15, -0.1) is 0 Å². The van der Waals surface area contributed by atoms with E-state index in [1.807, 2.05) is 30.3 Å². The molecule has 0 aliphatic rings. The lowest BCUT2D eigenvalue weighted by Crippen LogP contribution is -2.32. The normalized spacial score (nSPS) is 9.94. The van der Waals surface area contributed by atoms with Crippen molar-refractivity contribution in [3.63, 3.8) is 0 Å². The molecule has 4 heteroatoms. The number of amides is 1. The van der Waals surface area contributed by atoms with Crippen molar-refractivity contribution in [2.24, 2.45) is 0 Å². The van der Waals surface area contributed by atoms with Crippen LogP contribution in [-0.2, 0) is 16.0 Å². The number of carboxylic acid groups (broad SMARTS) is 1. The van der Waals surface area contributed by atoms with Crippen LogP contribution in [0.4, 0.5) is 0 Å². The monoisotopic (exact) mass is 235 g/mol. The molecule has 0 aromatic heterocycles. The first-order chi connectivity index (χ1) is 8.09. The molecule has 1 amide bonds. The first kappa shape index (κ1) is 13.2. The second kappa shape index (κ2) is 6.68. The third kappa shape index (κ3) is 5.15. The summed E-state index contributed by atoms with van der Waals surface area (Å²) in [6.45, 7) is 2.30. The van der Waals surface area contributed by atoms with Crippen LogP contribution in [0, 0.1) is 0 Å². The van der Waals surface area contributed by atoms with Crippen molar-refractivity contribution in [2.75, 3.05) is 13.1 Å². The van der Waals surface area contributed by atoms with Crippen LogP contribution < -0.4 is 0 Å². The number of carboxylic acids is 1. The maximum atomic E-state index is 11.3. The summed E-state index contributed by atoms with van der Waals surface area (Å²) in [6.07, 6.45) is 0.744. The Bertz CT molecular complexity index is 376. The molecular weight excluding hydrogens is 218 g/mol. The van der Waals surface area contributed by atoms with Crippen LogP contribution in [0.1, 0.15) is 18.9 Å². The van der Waals surface area contributed by atoms with Crippen LogP contribution in [0.5, 0.6) is 0 Å².